The lowest BCUT2D eigenvalue weighted by molar-refractivity contribution is 0.418. The normalized spacial score (nSPS) is 11.8. The van der Waals surface area contributed by atoms with Gasteiger partial charge in [0.05, 0.1) is 0 Å². The van der Waals surface area contributed by atoms with Gasteiger partial charge in [-0.2, -0.15) is 0 Å². The topological polar surface area (TPSA) is 0 Å². The van der Waals surface area contributed by atoms with Crippen LogP contribution in [0.5, 0.6) is 0 Å². The molecular formula is C16H6F4S. The fourth-order valence-electron chi connectivity index (χ4n) is 2.65. The molecule has 0 atom stereocenters. The second kappa shape index (κ2) is 4.18. The third-order valence-electron chi connectivity index (χ3n) is 3.58. The van der Waals surface area contributed by atoms with E-state index < -0.39 is 23.3 Å². The smallest absolute Gasteiger partial charge is 0.198 e. The van der Waals surface area contributed by atoms with Crippen molar-refractivity contribution < 1.29 is 17.6 Å². The highest BCUT2D eigenvalue weighted by atomic mass is 32.1. The molecule has 0 spiro atoms. The number of benzene rings is 3. The number of thiophene rings is 1. The monoisotopic (exact) mass is 306 g/mol. The molecule has 0 unspecified atom stereocenters. The Morgan fingerprint density at radius 2 is 1.29 bits per heavy atom. The molecule has 4 rings (SSSR count). The van der Waals surface area contributed by atoms with E-state index in [9.17, 15) is 17.6 Å². The standard InChI is InChI=1S/C16H6F4S/c17-13-8-5-6-10-11(7-3-1-2-4-9(7)21-10)12(8)14(18)16(20)15(13)19/h1-6H. The highest BCUT2D eigenvalue weighted by Gasteiger charge is 2.23. The second-order valence-electron chi connectivity index (χ2n) is 4.72. The van der Waals surface area contributed by atoms with Gasteiger partial charge in [-0.1, -0.05) is 18.2 Å². The minimum atomic E-state index is -1.78. The Kier molecular flexibility index (Phi) is 2.50. The van der Waals surface area contributed by atoms with Crippen LogP contribution in [0.2, 0.25) is 0 Å². The van der Waals surface area contributed by atoms with Crippen molar-refractivity contribution >= 4 is 42.3 Å². The van der Waals surface area contributed by atoms with Crippen molar-refractivity contribution in [2.45, 2.75) is 0 Å². The van der Waals surface area contributed by atoms with Crippen molar-refractivity contribution in [3.05, 3.63) is 59.7 Å². The first-order chi connectivity index (χ1) is 10.1. The lowest BCUT2D eigenvalue weighted by Crippen LogP contribution is -1.98. The van der Waals surface area contributed by atoms with Gasteiger partial charge >= 0.3 is 0 Å². The van der Waals surface area contributed by atoms with Gasteiger partial charge in [0.1, 0.15) is 0 Å². The van der Waals surface area contributed by atoms with Crippen molar-refractivity contribution in [2.75, 3.05) is 0 Å². The van der Waals surface area contributed by atoms with Crippen LogP contribution in [0.1, 0.15) is 0 Å². The molecule has 0 N–H and O–H groups in total. The van der Waals surface area contributed by atoms with E-state index in [1.54, 1.807) is 18.2 Å². The van der Waals surface area contributed by atoms with E-state index >= 15 is 0 Å². The minimum Gasteiger partial charge on any atom is -0.203 e. The third kappa shape index (κ3) is 1.55. The molecule has 5 heteroatoms. The number of fused-ring (bicyclic) bond motifs is 5. The first kappa shape index (κ1) is 12.6. The van der Waals surface area contributed by atoms with Crippen molar-refractivity contribution in [3.8, 4) is 0 Å². The fraction of sp³-hybridized carbons (Fsp3) is 0. The summed E-state index contributed by atoms with van der Waals surface area (Å²) in [5.41, 5.74) is 0. The van der Waals surface area contributed by atoms with Crippen LogP contribution in [-0.2, 0) is 0 Å². The van der Waals surface area contributed by atoms with Crippen LogP contribution in [0.25, 0.3) is 30.9 Å². The lowest BCUT2D eigenvalue weighted by Gasteiger charge is -2.06. The van der Waals surface area contributed by atoms with Gasteiger partial charge in [0.15, 0.2) is 23.3 Å². The maximum Gasteiger partial charge on any atom is 0.198 e. The van der Waals surface area contributed by atoms with E-state index in [0.717, 1.165) is 4.70 Å². The maximum absolute atomic E-state index is 14.2. The van der Waals surface area contributed by atoms with Gasteiger partial charge in [0.2, 0.25) is 0 Å². The minimum absolute atomic E-state index is 0.207. The van der Waals surface area contributed by atoms with Crippen LogP contribution in [0.3, 0.4) is 0 Å². The number of rotatable bonds is 0. The van der Waals surface area contributed by atoms with Gasteiger partial charge in [-0.15, -0.1) is 11.3 Å². The maximum atomic E-state index is 14.2. The molecule has 3 aromatic carbocycles. The SMILES string of the molecule is Fc1c(F)c(F)c2c(ccc3sc4ccccc4c32)c1F. The predicted molar refractivity (Wildman–Crippen MR) is 76.7 cm³/mol. The summed E-state index contributed by atoms with van der Waals surface area (Å²) >= 11 is 1.40. The molecule has 0 nitrogen and oxygen atoms in total. The Hall–Kier alpha value is -2.14. The average molecular weight is 306 g/mol. The van der Waals surface area contributed by atoms with Crippen molar-refractivity contribution in [1.82, 2.24) is 0 Å². The third-order valence-corrected chi connectivity index (χ3v) is 4.71. The zero-order chi connectivity index (χ0) is 14.7. The Labute approximate surface area is 120 Å². The molecule has 104 valence electrons. The van der Waals surface area contributed by atoms with E-state index in [0.29, 0.717) is 15.5 Å². The summed E-state index contributed by atoms with van der Waals surface area (Å²) in [6.45, 7) is 0. The molecule has 0 aliphatic carbocycles. The van der Waals surface area contributed by atoms with Gasteiger partial charge in [-0.3, -0.25) is 0 Å². The summed E-state index contributed by atoms with van der Waals surface area (Å²) in [4.78, 5) is 0. The number of hydrogen-bond donors (Lipinski definition) is 0. The Bertz CT molecular complexity index is 1030. The molecule has 0 fully saturated rings. The second-order valence-corrected chi connectivity index (χ2v) is 5.80. The van der Waals surface area contributed by atoms with E-state index in [2.05, 4.69) is 0 Å². The van der Waals surface area contributed by atoms with Gasteiger partial charge < -0.3 is 0 Å². The highest BCUT2D eigenvalue weighted by molar-refractivity contribution is 7.26. The fourth-order valence-corrected chi connectivity index (χ4v) is 3.76. The lowest BCUT2D eigenvalue weighted by atomic mass is 10.0. The molecule has 4 aromatic rings. The largest absolute Gasteiger partial charge is 0.203 e. The van der Waals surface area contributed by atoms with E-state index in [1.807, 2.05) is 12.1 Å². The van der Waals surface area contributed by atoms with Crippen molar-refractivity contribution in [3.63, 3.8) is 0 Å². The molecule has 0 amide bonds. The summed E-state index contributed by atoms with van der Waals surface area (Å²) in [5, 5.41) is 0.666. The van der Waals surface area contributed by atoms with E-state index in [4.69, 9.17) is 0 Å². The summed E-state index contributed by atoms with van der Waals surface area (Å²) in [7, 11) is 0. The predicted octanol–water partition coefficient (Wildman–Crippen LogP) is 5.76. The molecule has 21 heavy (non-hydrogen) atoms. The number of halogens is 4. The van der Waals surface area contributed by atoms with Gasteiger partial charge in [0.25, 0.3) is 0 Å². The molecule has 0 saturated carbocycles. The van der Waals surface area contributed by atoms with Crippen molar-refractivity contribution in [2.24, 2.45) is 0 Å². The van der Waals surface area contributed by atoms with Gasteiger partial charge in [-0.25, -0.2) is 17.6 Å². The zero-order valence-corrected chi connectivity index (χ0v) is 11.2. The summed E-state index contributed by atoms with van der Waals surface area (Å²) in [5.74, 6) is -6.26. The quantitative estimate of drug-likeness (QED) is 0.220. The summed E-state index contributed by atoms with van der Waals surface area (Å²) in [6.07, 6.45) is 0. The first-order valence-electron chi connectivity index (χ1n) is 6.15. The molecule has 0 saturated heterocycles. The summed E-state index contributed by atoms with van der Waals surface area (Å²) in [6, 6.07) is 10.1. The van der Waals surface area contributed by atoms with Crippen LogP contribution in [0.15, 0.2) is 36.4 Å². The average Bonchev–Trinajstić information content (AvgIpc) is 2.88. The molecule has 1 aromatic heterocycles. The zero-order valence-electron chi connectivity index (χ0n) is 10.4. The summed E-state index contributed by atoms with van der Waals surface area (Å²) < 4.78 is 56.6. The Morgan fingerprint density at radius 1 is 0.571 bits per heavy atom. The van der Waals surface area contributed by atoms with Gasteiger partial charge in [0, 0.05) is 30.9 Å². The van der Waals surface area contributed by atoms with Gasteiger partial charge in [-0.05, 0) is 18.2 Å². The molecule has 0 bridgehead atoms. The molecule has 1 heterocycles. The van der Waals surface area contributed by atoms with Crippen LogP contribution in [0, 0.1) is 23.3 Å². The van der Waals surface area contributed by atoms with E-state index in [1.165, 1.54) is 17.4 Å². The van der Waals surface area contributed by atoms with Crippen LogP contribution < -0.4 is 0 Å². The van der Waals surface area contributed by atoms with E-state index in [-0.39, 0.29) is 10.8 Å². The van der Waals surface area contributed by atoms with Crippen LogP contribution >= 0.6 is 11.3 Å². The highest BCUT2D eigenvalue weighted by Crippen LogP contribution is 2.40. The Balaban J connectivity index is 2.39. The first-order valence-corrected chi connectivity index (χ1v) is 6.97. The Morgan fingerprint density at radius 3 is 2.10 bits per heavy atom. The molecular weight excluding hydrogens is 300 g/mol. The van der Waals surface area contributed by atoms with Crippen LogP contribution in [-0.4, -0.2) is 0 Å². The number of hydrogen-bond acceptors (Lipinski definition) is 1. The molecule has 0 radical (unpaired) electrons. The van der Waals surface area contributed by atoms with Crippen LogP contribution in [0.4, 0.5) is 17.6 Å². The molecule has 0 aliphatic rings. The molecule has 0 aliphatic heterocycles. The van der Waals surface area contributed by atoms with Crippen molar-refractivity contribution in [1.29, 1.82) is 0 Å².